The summed E-state index contributed by atoms with van der Waals surface area (Å²) < 4.78 is 33.6. The van der Waals surface area contributed by atoms with Gasteiger partial charge in [0.1, 0.15) is 12.4 Å². The molecule has 0 spiro atoms. The molecule has 1 aromatic carbocycles. The predicted molar refractivity (Wildman–Crippen MR) is 86.8 cm³/mol. The molecule has 0 bridgehead atoms. The van der Waals surface area contributed by atoms with E-state index in [1.807, 2.05) is 0 Å². The Morgan fingerprint density at radius 1 is 1.22 bits per heavy atom. The number of nitrogens with zero attached hydrogens (tertiary/aromatic N) is 1. The summed E-state index contributed by atoms with van der Waals surface area (Å²) in [5, 5.41) is 5.08. The van der Waals surface area contributed by atoms with E-state index >= 15 is 0 Å². The molecule has 2 aliphatic rings. The third-order valence-electron chi connectivity index (χ3n) is 4.38. The minimum Gasteiger partial charge on any atom is -0.492 e. The van der Waals surface area contributed by atoms with Crippen molar-refractivity contribution in [3.8, 4) is 5.75 Å². The lowest BCUT2D eigenvalue weighted by Crippen LogP contribution is -2.35. The van der Waals surface area contributed by atoms with E-state index in [4.69, 9.17) is 14.6 Å². The molecule has 7 heteroatoms. The van der Waals surface area contributed by atoms with Gasteiger partial charge in [0.15, 0.2) is 0 Å². The van der Waals surface area contributed by atoms with Crippen LogP contribution in [-0.2, 0) is 14.8 Å². The highest BCUT2D eigenvalue weighted by molar-refractivity contribution is 7.89. The highest BCUT2D eigenvalue weighted by Crippen LogP contribution is 2.28. The van der Waals surface area contributed by atoms with Crippen LogP contribution in [0.5, 0.6) is 5.75 Å². The number of primary sulfonamides is 1. The molecular weight excluding hydrogens is 316 g/mol. The van der Waals surface area contributed by atoms with Crippen LogP contribution in [0, 0.1) is 5.92 Å². The zero-order chi connectivity index (χ0) is 16.3. The second-order valence-corrected chi connectivity index (χ2v) is 7.88. The fourth-order valence-electron chi connectivity index (χ4n) is 2.93. The van der Waals surface area contributed by atoms with E-state index < -0.39 is 10.0 Å². The molecule has 6 nitrogen and oxygen atoms in total. The van der Waals surface area contributed by atoms with Gasteiger partial charge in [-0.2, -0.15) is 0 Å². The molecular formula is C16H24N2O4S. The van der Waals surface area contributed by atoms with Gasteiger partial charge in [0.25, 0.3) is 0 Å². The molecule has 1 unspecified atom stereocenters. The Morgan fingerprint density at radius 3 is 2.52 bits per heavy atom. The van der Waals surface area contributed by atoms with E-state index in [0.29, 0.717) is 24.3 Å². The number of benzene rings is 1. The van der Waals surface area contributed by atoms with E-state index in [2.05, 4.69) is 4.90 Å². The fourth-order valence-corrected chi connectivity index (χ4v) is 3.44. The number of ether oxygens (including phenoxy) is 2. The molecule has 0 amide bonds. The summed E-state index contributed by atoms with van der Waals surface area (Å²) in [7, 11) is -3.65. The lowest BCUT2D eigenvalue weighted by molar-refractivity contribution is 0.151. The third-order valence-corrected chi connectivity index (χ3v) is 5.31. The zero-order valence-electron chi connectivity index (χ0n) is 13.2. The second-order valence-electron chi connectivity index (χ2n) is 6.32. The van der Waals surface area contributed by atoms with Gasteiger partial charge >= 0.3 is 0 Å². The van der Waals surface area contributed by atoms with Gasteiger partial charge in [-0.15, -0.1) is 0 Å². The van der Waals surface area contributed by atoms with E-state index in [1.54, 1.807) is 12.1 Å². The van der Waals surface area contributed by atoms with E-state index in [0.717, 1.165) is 32.7 Å². The molecule has 1 saturated carbocycles. The Kier molecular flexibility index (Phi) is 5.21. The molecule has 2 fully saturated rings. The topological polar surface area (TPSA) is 81.9 Å². The summed E-state index contributed by atoms with van der Waals surface area (Å²) in [5.74, 6) is 1.31. The van der Waals surface area contributed by atoms with Crippen molar-refractivity contribution in [2.45, 2.75) is 30.2 Å². The van der Waals surface area contributed by atoms with Crippen LogP contribution in [0.1, 0.15) is 19.3 Å². The fraction of sp³-hybridized carbons (Fsp3) is 0.625. The molecule has 1 heterocycles. The molecule has 1 aliphatic carbocycles. The summed E-state index contributed by atoms with van der Waals surface area (Å²) in [6, 6.07) is 6.93. The molecule has 1 atom stereocenters. The van der Waals surface area contributed by atoms with Crippen molar-refractivity contribution in [2.75, 3.05) is 32.9 Å². The summed E-state index contributed by atoms with van der Waals surface area (Å²) >= 11 is 0. The Bertz CT molecular complexity index is 607. The van der Waals surface area contributed by atoms with Crippen molar-refractivity contribution in [3.63, 3.8) is 0 Å². The summed E-state index contributed by atoms with van der Waals surface area (Å²) in [4.78, 5) is 2.60. The monoisotopic (exact) mass is 340 g/mol. The van der Waals surface area contributed by atoms with Crippen LogP contribution in [-0.4, -0.2) is 52.3 Å². The first kappa shape index (κ1) is 16.7. The minimum atomic E-state index is -3.65. The minimum absolute atomic E-state index is 0.102. The Morgan fingerprint density at radius 2 is 1.96 bits per heavy atom. The number of hydrogen-bond acceptors (Lipinski definition) is 5. The third kappa shape index (κ3) is 4.91. The smallest absolute Gasteiger partial charge is 0.238 e. The van der Waals surface area contributed by atoms with Crippen molar-refractivity contribution >= 4 is 10.0 Å². The van der Waals surface area contributed by atoms with Gasteiger partial charge in [-0.1, -0.05) is 0 Å². The first-order valence-corrected chi connectivity index (χ1v) is 9.64. The standard InChI is InChI=1S/C16H24N2O4S/c17-23(19,20)16-5-3-15(4-6-16)22-10-8-18(14-1-2-14)11-13-7-9-21-12-13/h3-6,13-14H,1-2,7-12H2,(H2,17,19,20). The van der Waals surface area contributed by atoms with Crippen molar-refractivity contribution in [2.24, 2.45) is 11.1 Å². The van der Waals surface area contributed by atoms with Crippen molar-refractivity contribution in [1.29, 1.82) is 0 Å². The SMILES string of the molecule is NS(=O)(=O)c1ccc(OCCN(CC2CCOC2)C2CC2)cc1. The van der Waals surface area contributed by atoms with E-state index in [1.165, 1.54) is 25.0 Å². The van der Waals surface area contributed by atoms with Gasteiger partial charge < -0.3 is 9.47 Å². The Labute approximate surface area is 137 Å². The second kappa shape index (κ2) is 7.17. The molecule has 3 rings (SSSR count). The van der Waals surface area contributed by atoms with Crippen molar-refractivity contribution in [1.82, 2.24) is 4.90 Å². The van der Waals surface area contributed by atoms with Gasteiger partial charge in [0, 0.05) is 25.7 Å². The Hall–Kier alpha value is -1.15. The van der Waals surface area contributed by atoms with Crippen LogP contribution in [0.3, 0.4) is 0 Å². The summed E-state index contributed by atoms with van der Waals surface area (Å²) in [5.41, 5.74) is 0. The maximum absolute atomic E-state index is 11.2. The van der Waals surface area contributed by atoms with Crippen molar-refractivity contribution in [3.05, 3.63) is 24.3 Å². The van der Waals surface area contributed by atoms with E-state index in [9.17, 15) is 8.42 Å². The number of sulfonamides is 1. The highest BCUT2D eigenvalue weighted by atomic mass is 32.2. The van der Waals surface area contributed by atoms with Crippen LogP contribution < -0.4 is 9.88 Å². The largest absolute Gasteiger partial charge is 0.492 e. The highest BCUT2D eigenvalue weighted by Gasteiger charge is 2.31. The molecule has 1 saturated heterocycles. The molecule has 0 radical (unpaired) electrons. The van der Waals surface area contributed by atoms with Gasteiger partial charge in [-0.05, 0) is 49.4 Å². The normalized spacial score (nSPS) is 21.7. The quantitative estimate of drug-likeness (QED) is 0.769. The number of rotatable bonds is 8. The lowest BCUT2D eigenvalue weighted by Gasteiger charge is -2.24. The molecule has 2 N–H and O–H groups in total. The average Bonchev–Trinajstić information content (AvgIpc) is 3.23. The van der Waals surface area contributed by atoms with Crippen LogP contribution in [0.25, 0.3) is 0 Å². The van der Waals surface area contributed by atoms with Gasteiger partial charge in [0.2, 0.25) is 10.0 Å². The zero-order valence-corrected chi connectivity index (χ0v) is 14.0. The van der Waals surface area contributed by atoms with Gasteiger partial charge in [-0.25, -0.2) is 13.6 Å². The maximum atomic E-state index is 11.2. The van der Waals surface area contributed by atoms with Gasteiger partial charge in [-0.3, -0.25) is 4.90 Å². The maximum Gasteiger partial charge on any atom is 0.238 e. The summed E-state index contributed by atoms with van der Waals surface area (Å²) in [6.45, 7) is 4.32. The first-order valence-electron chi connectivity index (χ1n) is 8.10. The molecule has 128 valence electrons. The van der Waals surface area contributed by atoms with Crippen LogP contribution in [0.4, 0.5) is 0 Å². The number of nitrogens with two attached hydrogens (primary N) is 1. The van der Waals surface area contributed by atoms with Gasteiger partial charge in [0.05, 0.1) is 11.5 Å². The van der Waals surface area contributed by atoms with E-state index in [-0.39, 0.29) is 4.90 Å². The van der Waals surface area contributed by atoms with Crippen LogP contribution in [0.15, 0.2) is 29.2 Å². The van der Waals surface area contributed by atoms with Crippen LogP contribution in [0.2, 0.25) is 0 Å². The molecule has 1 aliphatic heterocycles. The number of hydrogen-bond donors (Lipinski definition) is 1. The molecule has 1 aromatic rings. The first-order chi connectivity index (χ1) is 11.0. The Balaban J connectivity index is 1.47. The predicted octanol–water partition coefficient (Wildman–Crippen LogP) is 1.21. The van der Waals surface area contributed by atoms with Crippen molar-refractivity contribution < 1.29 is 17.9 Å². The molecule has 23 heavy (non-hydrogen) atoms. The molecule has 0 aromatic heterocycles. The summed E-state index contributed by atoms with van der Waals surface area (Å²) in [6.07, 6.45) is 3.70. The average molecular weight is 340 g/mol. The van der Waals surface area contributed by atoms with Crippen LogP contribution >= 0.6 is 0 Å². The lowest BCUT2D eigenvalue weighted by atomic mass is 10.1.